The van der Waals surface area contributed by atoms with Gasteiger partial charge in [-0.3, -0.25) is 14.4 Å². The lowest BCUT2D eigenvalue weighted by Crippen LogP contribution is -2.49. The van der Waals surface area contributed by atoms with Crippen molar-refractivity contribution in [2.45, 2.75) is 43.1 Å². The number of piperidine rings is 1. The lowest BCUT2D eigenvalue weighted by molar-refractivity contribution is -0.144. The third-order valence-electron chi connectivity index (χ3n) is 9.67. The van der Waals surface area contributed by atoms with Gasteiger partial charge < -0.3 is 25.1 Å². The Bertz CT molecular complexity index is 1480. The molecule has 43 heavy (non-hydrogen) atoms. The highest BCUT2D eigenvalue weighted by molar-refractivity contribution is 6.00. The van der Waals surface area contributed by atoms with Crippen molar-refractivity contribution >= 4 is 23.5 Å². The quantitative estimate of drug-likeness (QED) is 0.456. The van der Waals surface area contributed by atoms with Gasteiger partial charge in [-0.25, -0.2) is 0 Å². The predicted molar refractivity (Wildman–Crippen MR) is 166 cm³/mol. The summed E-state index contributed by atoms with van der Waals surface area (Å²) in [4.78, 5) is 46.6. The zero-order valence-electron chi connectivity index (χ0n) is 24.7. The van der Waals surface area contributed by atoms with Gasteiger partial charge in [0.15, 0.2) is 0 Å². The third-order valence-corrected chi connectivity index (χ3v) is 9.67. The fraction of sp³-hybridized carbons (Fsp3) is 0.400. The number of nitrogens with one attached hydrogen (secondary N) is 1. The highest BCUT2D eigenvalue weighted by atomic mass is 16.4. The van der Waals surface area contributed by atoms with Gasteiger partial charge in [-0.2, -0.15) is 0 Å². The molecule has 2 fully saturated rings. The van der Waals surface area contributed by atoms with Gasteiger partial charge in [0.2, 0.25) is 5.91 Å². The molecule has 224 valence electrons. The number of hydrogen-bond acceptors (Lipinski definition) is 5. The Labute approximate surface area is 253 Å². The van der Waals surface area contributed by atoms with Crippen molar-refractivity contribution in [2.24, 2.45) is 0 Å². The lowest BCUT2D eigenvalue weighted by Gasteiger charge is -2.41. The van der Waals surface area contributed by atoms with Crippen molar-refractivity contribution < 1.29 is 19.5 Å². The fourth-order valence-corrected chi connectivity index (χ4v) is 7.18. The Balaban J connectivity index is 1.13. The smallest absolute Gasteiger partial charge is 0.318 e. The van der Waals surface area contributed by atoms with Gasteiger partial charge >= 0.3 is 5.97 Å². The van der Waals surface area contributed by atoms with Gasteiger partial charge in [-0.05, 0) is 61.6 Å². The summed E-state index contributed by atoms with van der Waals surface area (Å²) in [7, 11) is 2.12. The van der Waals surface area contributed by atoms with E-state index < -0.39 is 11.4 Å². The molecule has 3 aromatic rings. The number of likely N-dealkylation sites (tertiary alicyclic amines) is 1. The second-order valence-corrected chi connectivity index (χ2v) is 12.1. The van der Waals surface area contributed by atoms with Gasteiger partial charge in [-0.15, -0.1) is 0 Å². The minimum atomic E-state index is -1.17. The Kier molecular flexibility index (Phi) is 8.21. The molecule has 2 N–H and O–H groups in total. The highest BCUT2D eigenvalue weighted by Crippen LogP contribution is 2.47. The predicted octanol–water partition coefficient (Wildman–Crippen LogP) is 4.11. The zero-order chi connectivity index (χ0) is 30.0. The van der Waals surface area contributed by atoms with Crippen LogP contribution in [0, 0.1) is 0 Å². The molecule has 2 amide bonds. The van der Waals surface area contributed by atoms with E-state index in [9.17, 15) is 19.5 Å². The summed E-state index contributed by atoms with van der Waals surface area (Å²) in [5.41, 5.74) is 2.76. The molecule has 0 aromatic heterocycles. The average molecular weight is 581 g/mol. The second-order valence-electron chi connectivity index (χ2n) is 12.1. The van der Waals surface area contributed by atoms with Gasteiger partial charge in [0.25, 0.3) is 5.91 Å². The number of likely N-dealkylation sites (N-methyl/N-ethyl adjacent to an activating group) is 1. The molecule has 0 bridgehead atoms. The normalized spacial score (nSPS) is 23.0. The van der Waals surface area contributed by atoms with Crippen LogP contribution < -0.4 is 10.2 Å². The molecule has 2 aliphatic heterocycles. The van der Waals surface area contributed by atoms with Crippen molar-refractivity contribution in [1.82, 2.24) is 15.1 Å². The molecule has 0 saturated carbocycles. The van der Waals surface area contributed by atoms with Crippen LogP contribution in [0.25, 0.3) is 0 Å². The van der Waals surface area contributed by atoms with Crippen LogP contribution >= 0.6 is 0 Å². The molecule has 0 radical (unpaired) electrons. The van der Waals surface area contributed by atoms with E-state index in [1.165, 1.54) is 0 Å². The molecule has 0 unspecified atom stereocenters. The summed E-state index contributed by atoms with van der Waals surface area (Å²) in [5, 5.41) is 13.8. The number of fused-ring (bicyclic) bond motifs is 1. The van der Waals surface area contributed by atoms with E-state index in [1.54, 1.807) is 0 Å². The number of anilines is 1. The van der Waals surface area contributed by atoms with Gasteiger partial charge in [0.1, 0.15) is 5.41 Å². The number of amides is 2. The molecular weight excluding hydrogens is 540 g/mol. The number of para-hydroxylation sites is 1. The molecule has 3 aliphatic rings. The SMILES string of the molecule is CN1CCN(c2ccccc2C(=O)NC2CCN(C(=O)[C@H]3CC[C@@](C(=O)O)(c4ccccc4)c4ccccc43)CC2)CC1. The Morgan fingerprint density at radius 2 is 1.44 bits per heavy atom. The number of aliphatic carboxylic acids is 1. The molecule has 2 saturated heterocycles. The maximum atomic E-state index is 13.9. The Morgan fingerprint density at radius 3 is 2.16 bits per heavy atom. The van der Waals surface area contributed by atoms with Crippen molar-refractivity contribution in [3.63, 3.8) is 0 Å². The van der Waals surface area contributed by atoms with Crippen LogP contribution in [0.1, 0.15) is 58.6 Å². The third kappa shape index (κ3) is 5.52. The first kappa shape index (κ1) is 28.9. The number of benzene rings is 3. The molecule has 2 atom stereocenters. The van der Waals surface area contributed by atoms with E-state index in [1.807, 2.05) is 83.8 Å². The van der Waals surface area contributed by atoms with Crippen molar-refractivity contribution in [1.29, 1.82) is 0 Å². The number of carboxylic acid groups (broad SMARTS) is 1. The van der Waals surface area contributed by atoms with Crippen LogP contribution in [0.4, 0.5) is 5.69 Å². The van der Waals surface area contributed by atoms with Crippen LogP contribution in [0.5, 0.6) is 0 Å². The fourth-order valence-electron chi connectivity index (χ4n) is 7.18. The largest absolute Gasteiger partial charge is 0.480 e. The lowest BCUT2D eigenvalue weighted by atomic mass is 9.63. The summed E-state index contributed by atoms with van der Waals surface area (Å²) < 4.78 is 0. The first-order chi connectivity index (χ1) is 20.9. The number of nitrogens with zero attached hydrogens (tertiary/aromatic N) is 3. The molecule has 1 aliphatic carbocycles. The number of rotatable bonds is 6. The standard InChI is InChI=1S/C35H40N4O4/c1-37-21-23-38(24-22-37)31-14-8-6-12-29(31)32(40)36-26-16-19-39(20-17-26)33(41)28-15-18-35(34(42)43,25-9-3-2-4-10-25)30-13-7-5-11-27(28)30/h2-14,26,28H,15-24H2,1H3,(H,36,40)(H,42,43)/t28-,35+/m0/s1. The average Bonchev–Trinajstić information content (AvgIpc) is 3.05. The van der Waals surface area contributed by atoms with Crippen molar-refractivity contribution in [3.8, 4) is 0 Å². The van der Waals surface area contributed by atoms with E-state index in [-0.39, 0.29) is 23.8 Å². The highest BCUT2D eigenvalue weighted by Gasteiger charge is 2.49. The van der Waals surface area contributed by atoms with Crippen LogP contribution in [0.3, 0.4) is 0 Å². The molecule has 0 spiro atoms. The Hall–Kier alpha value is -4.17. The molecular formula is C35H40N4O4. The van der Waals surface area contributed by atoms with E-state index >= 15 is 0 Å². The van der Waals surface area contributed by atoms with Crippen LogP contribution in [0.15, 0.2) is 78.9 Å². The minimum absolute atomic E-state index is 0.00604. The minimum Gasteiger partial charge on any atom is -0.480 e. The first-order valence-corrected chi connectivity index (χ1v) is 15.4. The summed E-state index contributed by atoms with van der Waals surface area (Å²) >= 11 is 0. The molecule has 8 heteroatoms. The Morgan fingerprint density at radius 1 is 0.791 bits per heavy atom. The monoisotopic (exact) mass is 580 g/mol. The van der Waals surface area contributed by atoms with Crippen LogP contribution in [0.2, 0.25) is 0 Å². The van der Waals surface area contributed by atoms with E-state index in [2.05, 4.69) is 22.2 Å². The number of carboxylic acids is 1. The number of carbonyl (C=O) groups is 3. The summed E-state index contributed by atoms with van der Waals surface area (Å²) in [5.74, 6) is -1.28. The topological polar surface area (TPSA) is 93.2 Å². The number of piperazine rings is 1. The summed E-state index contributed by atoms with van der Waals surface area (Å²) in [6, 6.07) is 24.7. The van der Waals surface area contributed by atoms with Gasteiger partial charge in [0, 0.05) is 51.0 Å². The molecule has 2 heterocycles. The summed E-state index contributed by atoms with van der Waals surface area (Å²) in [6.45, 7) is 4.85. The van der Waals surface area contributed by atoms with Crippen LogP contribution in [-0.4, -0.2) is 85.0 Å². The second kappa shape index (κ2) is 12.2. The maximum Gasteiger partial charge on any atom is 0.318 e. The summed E-state index contributed by atoms with van der Waals surface area (Å²) in [6.07, 6.45) is 2.20. The van der Waals surface area contributed by atoms with Crippen molar-refractivity contribution in [2.75, 3.05) is 51.2 Å². The van der Waals surface area contributed by atoms with E-state index in [0.29, 0.717) is 49.9 Å². The van der Waals surface area contributed by atoms with Gasteiger partial charge in [0.05, 0.1) is 11.5 Å². The molecule has 3 aromatic carbocycles. The molecule has 6 rings (SSSR count). The first-order valence-electron chi connectivity index (χ1n) is 15.4. The van der Waals surface area contributed by atoms with Crippen LogP contribution in [-0.2, 0) is 15.0 Å². The maximum absolute atomic E-state index is 13.9. The number of carbonyl (C=O) groups excluding carboxylic acids is 2. The van der Waals surface area contributed by atoms with Gasteiger partial charge in [-0.1, -0.05) is 66.7 Å². The number of hydrogen-bond donors (Lipinski definition) is 2. The molecule has 8 nitrogen and oxygen atoms in total. The van der Waals surface area contributed by atoms with Crippen molar-refractivity contribution in [3.05, 3.63) is 101 Å². The van der Waals surface area contributed by atoms with E-state index in [4.69, 9.17) is 0 Å². The van der Waals surface area contributed by atoms with E-state index in [0.717, 1.165) is 43.0 Å². The zero-order valence-corrected chi connectivity index (χ0v) is 24.7.